The number of benzene rings is 1. The van der Waals surface area contributed by atoms with E-state index < -0.39 is 0 Å². The van der Waals surface area contributed by atoms with Gasteiger partial charge in [0, 0.05) is 38.8 Å². The first-order valence-electron chi connectivity index (χ1n) is 8.38. The monoisotopic (exact) mass is 313 g/mol. The summed E-state index contributed by atoms with van der Waals surface area (Å²) in [5.74, 6) is 1.28. The van der Waals surface area contributed by atoms with Crippen LogP contribution in [0.25, 0.3) is 10.8 Å². The molecular formula is C19H27N3O. The molecule has 2 heterocycles. The Labute approximate surface area is 139 Å². The Bertz CT molecular complexity index is 681. The van der Waals surface area contributed by atoms with E-state index in [1.807, 2.05) is 34.1 Å². The fourth-order valence-corrected chi connectivity index (χ4v) is 3.02. The molecule has 1 unspecified atom stereocenters. The number of nitrogens with zero attached hydrogens (tertiary/aromatic N) is 3. The van der Waals surface area contributed by atoms with E-state index in [9.17, 15) is 4.79 Å². The van der Waals surface area contributed by atoms with Crippen LogP contribution in [0.15, 0.2) is 30.5 Å². The third-order valence-electron chi connectivity index (χ3n) is 4.27. The van der Waals surface area contributed by atoms with Gasteiger partial charge in [0.2, 0.25) is 5.91 Å². The molecule has 1 aromatic carbocycles. The van der Waals surface area contributed by atoms with E-state index in [0.717, 1.165) is 25.3 Å². The molecule has 0 bridgehead atoms. The van der Waals surface area contributed by atoms with Gasteiger partial charge >= 0.3 is 0 Å². The van der Waals surface area contributed by atoms with Gasteiger partial charge in [0.15, 0.2) is 0 Å². The van der Waals surface area contributed by atoms with Gasteiger partial charge in [0.25, 0.3) is 0 Å². The van der Waals surface area contributed by atoms with Gasteiger partial charge in [-0.3, -0.25) is 4.79 Å². The van der Waals surface area contributed by atoms with Crippen molar-refractivity contribution in [2.45, 2.75) is 27.2 Å². The Morgan fingerprint density at radius 1 is 1.30 bits per heavy atom. The van der Waals surface area contributed by atoms with Crippen LogP contribution >= 0.6 is 0 Å². The molecule has 0 radical (unpaired) electrons. The Morgan fingerprint density at radius 2 is 2.04 bits per heavy atom. The Morgan fingerprint density at radius 3 is 2.74 bits per heavy atom. The minimum atomic E-state index is 0.0926. The zero-order valence-corrected chi connectivity index (χ0v) is 14.8. The summed E-state index contributed by atoms with van der Waals surface area (Å²) < 4.78 is 0. The molecular weight excluding hydrogens is 286 g/mol. The second-order valence-electron chi connectivity index (χ2n) is 6.00. The van der Waals surface area contributed by atoms with Crippen molar-refractivity contribution in [1.82, 2.24) is 9.88 Å². The highest BCUT2D eigenvalue weighted by molar-refractivity contribution is 5.87. The molecule has 1 aliphatic rings. The lowest BCUT2D eigenvalue weighted by Crippen LogP contribution is -2.32. The quantitative estimate of drug-likeness (QED) is 0.851. The van der Waals surface area contributed by atoms with Gasteiger partial charge in [-0.1, -0.05) is 32.0 Å². The van der Waals surface area contributed by atoms with E-state index in [1.165, 1.54) is 16.3 Å². The number of fused-ring (bicyclic) bond motifs is 1. The van der Waals surface area contributed by atoms with E-state index in [-0.39, 0.29) is 11.8 Å². The minimum Gasteiger partial charge on any atom is -0.356 e. The lowest BCUT2D eigenvalue weighted by Gasteiger charge is -2.19. The minimum absolute atomic E-state index is 0.0926. The normalized spacial score (nSPS) is 16.9. The maximum atomic E-state index is 12.1. The third-order valence-corrected chi connectivity index (χ3v) is 4.27. The highest BCUT2D eigenvalue weighted by atomic mass is 16.2. The molecule has 0 aliphatic carbocycles. The van der Waals surface area contributed by atoms with Gasteiger partial charge in [-0.25, -0.2) is 4.98 Å². The number of aromatic nitrogens is 1. The van der Waals surface area contributed by atoms with E-state index in [1.54, 1.807) is 4.90 Å². The summed E-state index contributed by atoms with van der Waals surface area (Å²) in [6.45, 7) is 7.77. The first-order chi connectivity index (χ1) is 11.1. The molecule has 1 aromatic heterocycles. The number of amides is 1. The van der Waals surface area contributed by atoms with Crippen LogP contribution in [-0.2, 0) is 4.79 Å². The van der Waals surface area contributed by atoms with Gasteiger partial charge in [-0.15, -0.1) is 0 Å². The maximum absolute atomic E-state index is 12.1. The Balaban J connectivity index is 0.000000924. The number of aryl methyl sites for hydroxylation is 1. The fraction of sp³-hybridized carbons (Fsp3) is 0.474. The van der Waals surface area contributed by atoms with Gasteiger partial charge in [0.1, 0.15) is 5.82 Å². The zero-order valence-electron chi connectivity index (χ0n) is 14.8. The number of pyridine rings is 1. The van der Waals surface area contributed by atoms with Crippen LogP contribution in [0.5, 0.6) is 0 Å². The number of carbonyl (C=O) groups excluding carboxylic acids is 1. The summed E-state index contributed by atoms with van der Waals surface area (Å²) in [6.07, 6.45) is 2.85. The first-order valence-corrected chi connectivity index (χ1v) is 8.38. The van der Waals surface area contributed by atoms with Crippen LogP contribution in [-0.4, -0.2) is 43.0 Å². The highest BCUT2D eigenvalue weighted by Crippen LogP contribution is 2.26. The summed E-state index contributed by atoms with van der Waals surface area (Å²) in [4.78, 5) is 20.5. The van der Waals surface area contributed by atoms with Crippen molar-refractivity contribution in [2.75, 3.05) is 32.1 Å². The number of hydrogen-bond acceptors (Lipinski definition) is 3. The Hall–Kier alpha value is -2.10. The van der Waals surface area contributed by atoms with Crippen molar-refractivity contribution >= 4 is 22.5 Å². The Kier molecular flexibility index (Phi) is 5.59. The molecule has 4 heteroatoms. The smallest absolute Gasteiger partial charge is 0.227 e. The van der Waals surface area contributed by atoms with Crippen LogP contribution in [0.2, 0.25) is 0 Å². The lowest BCUT2D eigenvalue weighted by atomic mass is 10.1. The summed E-state index contributed by atoms with van der Waals surface area (Å²) in [5.41, 5.74) is 1.24. The average Bonchev–Trinajstić information content (AvgIpc) is 3.05. The molecule has 1 fully saturated rings. The van der Waals surface area contributed by atoms with Gasteiger partial charge in [-0.05, 0) is 30.4 Å². The molecule has 124 valence electrons. The first kappa shape index (κ1) is 17.3. The van der Waals surface area contributed by atoms with Crippen LogP contribution in [0.1, 0.15) is 25.8 Å². The molecule has 2 aromatic rings. The van der Waals surface area contributed by atoms with Crippen molar-refractivity contribution < 1.29 is 4.79 Å². The summed E-state index contributed by atoms with van der Waals surface area (Å²) in [6, 6.07) is 8.42. The molecule has 0 spiro atoms. The van der Waals surface area contributed by atoms with E-state index in [0.29, 0.717) is 0 Å². The third kappa shape index (κ3) is 3.63. The van der Waals surface area contributed by atoms with Crippen LogP contribution < -0.4 is 4.90 Å². The molecule has 1 aliphatic heterocycles. The van der Waals surface area contributed by atoms with E-state index in [2.05, 4.69) is 41.1 Å². The lowest BCUT2D eigenvalue weighted by molar-refractivity contribution is -0.132. The molecule has 0 saturated carbocycles. The molecule has 23 heavy (non-hydrogen) atoms. The van der Waals surface area contributed by atoms with Gasteiger partial charge in [-0.2, -0.15) is 0 Å². The molecule has 4 nitrogen and oxygen atoms in total. The van der Waals surface area contributed by atoms with Gasteiger partial charge in [0.05, 0.1) is 5.92 Å². The number of carbonyl (C=O) groups is 1. The summed E-state index contributed by atoms with van der Waals surface area (Å²) >= 11 is 0. The number of rotatable bonds is 2. The topological polar surface area (TPSA) is 36.4 Å². The summed E-state index contributed by atoms with van der Waals surface area (Å²) in [5, 5.41) is 2.41. The predicted octanol–water partition coefficient (Wildman–Crippen LogP) is 3.48. The van der Waals surface area contributed by atoms with Crippen molar-refractivity contribution in [3.8, 4) is 0 Å². The van der Waals surface area contributed by atoms with Crippen molar-refractivity contribution in [3.63, 3.8) is 0 Å². The second kappa shape index (κ2) is 7.44. The van der Waals surface area contributed by atoms with Crippen molar-refractivity contribution in [2.24, 2.45) is 5.92 Å². The van der Waals surface area contributed by atoms with Crippen LogP contribution in [0.3, 0.4) is 0 Å². The molecule has 0 N–H and O–H groups in total. The predicted molar refractivity (Wildman–Crippen MR) is 96.8 cm³/mol. The molecule has 1 amide bonds. The number of anilines is 1. The van der Waals surface area contributed by atoms with Gasteiger partial charge < -0.3 is 9.80 Å². The largest absolute Gasteiger partial charge is 0.356 e. The molecule has 3 rings (SSSR count). The standard InChI is InChI=1S/C17H21N3O.C2H6/c1-12-5-4-6-13-9-16(18-10-15(12)13)20-8-7-14(11-20)17(21)19(2)3;1-2/h4-6,9-10,14H,7-8,11H2,1-3H3;1-2H3. The summed E-state index contributed by atoms with van der Waals surface area (Å²) in [7, 11) is 3.64. The number of hydrogen-bond donors (Lipinski definition) is 0. The molecule has 1 saturated heterocycles. The average molecular weight is 313 g/mol. The van der Waals surface area contributed by atoms with Crippen molar-refractivity contribution in [1.29, 1.82) is 0 Å². The van der Waals surface area contributed by atoms with Crippen LogP contribution in [0.4, 0.5) is 5.82 Å². The second-order valence-corrected chi connectivity index (χ2v) is 6.00. The van der Waals surface area contributed by atoms with E-state index in [4.69, 9.17) is 0 Å². The maximum Gasteiger partial charge on any atom is 0.227 e. The fourth-order valence-electron chi connectivity index (χ4n) is 3.02. The zero-order chi connectivity index (χ0) is 17.0. The van der Waals surface area contributed by atoms with Crippen LogP contribution in [0, 0.1) is 12.8 Å². The highest BCUT2D eigenvalue weighted by Gasteiger charge is 2.29. The van der Waals surface area contributed by atoms with Crippen molar-refractivity contribution in [3.05, 3.63) is 36.0 Å². The SMILES string of the molecule is CC.Cc1cccc2cc(N3CCC(C(=O)N(C)C)C3)ncc12. The van der Waals surface area contributed by atoms with E-state index >= 15 is 0 Å². The molecule has 1 atom stereocenters.